The Labute approximate surface area is 104 Å². The Morgan fingerprint density at radius 1 is 1.47 bits per heavy atom. The van der Waals surface area contributed by atoms with E-state index in [0.29, 0.717) is 5.92 Å². The molecule has 1 rings (SSSR count). The lowest BCUT2D eigenvalue weighted by molar-refractivity contribution is 0.0491. The molecule has 0 aromatic rings. The van der Waals surface area contributed by atoms with Crippen LogP contribution in [0.5, 0.6) is 0 Å². The minimum absolute atomic E-state index is 0.415. The number of nitrogens with one attached hydrogen (secondary N) is 2. The normalized spacial score (nSPS) is 22.2. The largest absolute Gasteiger partial charge is 0.443 e. The molecule has 1 aliphatic rings. The number of hydrogen-bond acceptors (Lipinski definition) is 4. The van der Waals surface area contributed by atoms with Gasteiger partial charge in [-0.05, 0) is 53.1 Å². The molecular formula is C12H25N3O2. The fourth-order valence-corrected chi connectivity index (χ4v) is 2.01. The molecule has 0 aromatic heterocycles. The van der Waals surface area contributed by atoms with Crippen LogP contribution in [-0.4, -0.2) is 43.3 Å². The number of hydrogen-bond donors (Lipinski definition) is 2. The molecule has 0 saturated carbocycles. The van der Waals surface area contributed by atoms with Crippen molar-refractivity contribution in [1.29, 1.82) is 0 Å². The highest BCUT2D eigenvalue weighted by Crippen LogP contribution is 2.13. The standard InChI is InChI=1S/C12H25N3O2/c1-12(2,3)17-11(16)14-13-8-10-6-5-7-15(4)9-10/h10,13H,5-9H2,1-4H3,(H,14,16). The van der Waals surface area contributed by atoms with Crippen LogP contribution in [-0.2, 0) is 4.74 Å². The molecule has 2 N–H and O–H groups in total. The SMILES string of the molecule is CN1CCCC(CNNC(=O)OC(C)(C)C)C1. The fourth-order valence-electron chi connectivity index (χ4n) is 2.01. The summed E-state index contributed by atoms with van der Waals surface area (Å²) in [5.74, 6) is 0.601. The minimum Gasteiger partial charge on any atom is -0.443 e. The zero-order chi connectivity index (χ0) is 12.9. The molecule has 0 aromatic carbocycles. The van der Waals surface area contributed by atoms with Gasteiger partial charge in [-0.3, -0.25) is 5.43 Å². The minimum atomic E-state index is -0.448. The Kier molecular flexibility index (Phi) is 5.21. The maximum absolute atomic E-state index is 11.4. The van der Waals surface area contributed by atoms with E-state index < -0.39 is 11.7 Å². The number of carbonyl (C=O) groups is 1. The highest BCUT2D eigenvalue weighted by atomic mass is 16.6. The summed E-state index contributed by atoms with van der Waals surface area (Å²) in [6, 6.07) is 0. The molecule has 1 fully saturated rings. The maximum atomic E-state index is 11.4. The topological polar surface area (TPSA) is 53.6 Å². The summed E-state index contributed by atoms with van der Waals surface area (Å²) >= 11 is 0. The van der Waals surface area contributed by atoms with Crippen LogP contribution in [0.4, 0.5) is 4.79 Å². The number of ether oxygens (including phenoxy) is 1. The molecule has 0 radical (unpaired) electrons. The smallest absolute Gasteiger partial charge is 0.422 e. The quantitative estimate of drug-likeness (QED) is 0.735. The lowest BCUT2D eigenvalue weighted by Gasteiger charge is -2.29. The van der Waals surface area contributed by atoms with Crippen LogP contribution in [0.25, 0.3) is 0 Å². The van der Waals surface area contributed by atoms with Crippen LogP contribution in [0.1, 0.15) is 33.6 Å². The Morgan fingerprint density at radius 2 is 2.18 bits per heavy atom. The first-order valence-corrected chi connectivity index (χ1v) is 6.27. The predicted octanol–water partition coefficient (Wildman–Crippen LogP) is 1.36. The average Bonchev–Trinajstić information content (AvgIpc) is 2.14. The second-order valence-electron chi connectivity index (χ2n) is 5.78. The first-order valence-electron chi connectivity index (χ1n) is 6.27. The molecule has 5 heteroatoms. The van der Waals surface area contributed by atoms with Crippen molar-refractivity contribution >= 4 is 6.09 Å². The highest BCUT2D eigenvalue weighted by molar-refractivity contribution is 5.66. The van der Waals surface area contributed by atoms with Crippen LogP contribution in [0.15, 0.2) is 0 Å². The van der Waals surface area contributed by atoms with Gasteiger partial charge in [0.25, 0.3) is 0 Å². The van der Waals surface area contributed by atoms with Gasteiger partial charge in [0, 0.05) is 13.1 Å². The lowest BCUT2D eigenvalue weighted by atomic mass is 9.99. The van der Waals surface area contributed by atoms with E-state index in [4.69, 9.17) is 4.74 Å². The Balaban J connectivity index is 2.13. The van der Waals surface area contributed by atoms with Gasteiger partial charge in [-0.2, -0.15) is 0 Å². The van der Waals surface area contributed by atoms with Gasteiger partial charge >= 0.3 is 6.09 Å². The van der Waals surface area contributed by atoms with Crippen molar-refractivity contribution in [3.05, 3.63) is 0 Å². The molecule has 1 unspecified atom stereocenters. The summed E-state index contributed by atoms with van der Waals surface area (Å²) in [4.78, 5) is 13.7. The number of piperidine rings is 1. The molecule has 0 aliphatic carbocycles. The van der Waals surface area contributed by atoms with Gasteiger partial charge in [0.1, 0.15) is 5.60 Å². The summed E-state index contributed by atoms with van der Waals surface area (Å²) in [6.07, 6.45) is 2.03. The van der Waals surface area contributed by atoms with E-state index >= 15 is 0 Å². The van der Waals surface area contributed by atoms with Gasteiger partial charge in [0.2, 0.25) is 0 Å². The van der Waals surface area contributed by atoms with Crippen molar-refractivity contribution in [3.63, 3.8) is 0 Å². The van der Waals surface area contributed by atoms with Crippen LogP contribution in [0.2, 0.25) is 0 Å². The number of nitrogens with zero attached hydrogens (tertiary/aromatic N) is 1. The summed E-state index contributed by atoms with van der Waals surface area (Å²) in [7, 11) is 2.13. The maximum Gasteiger partial charge on any atom is 0.422 e. The Morgan fingerprint density at radius 3 is 2.76 bits per heavy atom. The van der Waals surface area contributed by atoms with E-state index in [1.165, 1.54) is 19.4 Å². The van der Waals surface area contributed by atoms with Crippen molar-refractivity contribution in [2.45, 2.75) is 39.2 Å². The second kappa shape index (κ2) is 6.21. The van der Waals surface area contributed by atoms with E-state index in [1.807, 2.05) is 20.8 Å². The monoisotopic (exact) mass is 243 g/mol. The fraction of sp³-hybridized carbons (Fsp3) is 0.917. The molecule has 1 aliphatic heterocycles. The third-order valence-electron chi connectivity index (χ3n) is 2.70. The van der Waals surface area contributed by atoms with Crippen molar-refractivity contribution in [3.8, 4) is 0 Å². The molecule has 100 valence electrons. The summed E-state index contributed by atoms with van der Waals surface area (Å²) in [6.45, 7) is 8.61. The van der Waals surface area contributed by atoms with E-state index in [1.54, 1.807) is 0 Å². The Bertz CT molecular complexity index is 251. The molecule has 17 heavy (non-hydrogen) atoms. The van der Waals surface area contributed by atoms with Crippen LogP contribution in [0.3, 0.4) is 0 Å². The zero-order valence-corrected chi connectivity index (χ0v) is 11.4. The van der Waals surface area contributed by atoms with Gasteiger partial charge in [-0.15, -0.1) is 0 Å². The summed E-state index contributed by atoms with van der Waals surface area (Å²) in [5.41, 5.74) is 5.07. The van der Waals surface area contributed by atoms with Gasteiger partial charge in [-0.25, -0.2) is 10.2 Å². The number of rotatable bonds is 3. The third kappa shape index (κ3) is 6.48. The van der Waals surface area contributed by atoms with E-state index in [9.17, 15) is 4.79 Å². The second-order valence-corrected chi connectivity index (χ2v) is 5.78. The van der Waals surface area contributed by atoms with Crippen molar-refractivity contribution < 1.29 is 9.53 Å². The van der Waals surface area contributed by atoms with Gasteiger partial charge < -0.3 is 9.64 Å². The molecule has 5 nitrogen and oxygen atoms in total. The summed E-state index contributed by atoms with van der Waals surface area (Å²) < 4.78 is 5.13. The lowest BCUT2D eigenvalue weighted by Crippen LogP contribution is -2.45. The van der Waals surface area contributed by atoms with E-state index in [0.717, 1.165) is 13.1 Å². The predicted molar refractivity (Wildman–Crippen MR) is 67.6 cm³/mol. The van der Waals surface area contributed by atoms with E-state index in [2.05, 4.69) is 22.8 Å². The highest BCUT2D eigenvalue weighted by Gasteiger charge is 2.18. The molecule has 1 saturated heterocycles. The molecule has 0 spiro atoms. The molecule has 1 heterocycles. The van der Waals surface area contributed by atoms with Gasteiger partial charge in [0.15, 0.2) is 0 Å². The zero-order valence-electron chi connectivity index (χ0n) is 11.4. The van der Waals surface area contributed by atoms with Crippen LogP contribution >= 0.6 is 0 Å². The number of hydrazine groups is 1. The van der Waals surface area contributed by atoms with Crippen molar-refractivity contribution in [2.24, 2.45) is 5.92 Å². The number of amides is 1. The molecular weight excluding hydrogens is 218 g/mol. The number of carbonyl (C=O) groups excluding carboxylic acids is 1. The summed E-state index contributed by atoms with van der Waals surface area (Å²) in [5, 5.41) is 0. The van der Waals surface area contributed by atoms with Gasteiger partial charge in [0.05, 0.1) is 0 Å². The van der Waals surface area contributed by atoms with Gasteiger partial charge in [-0.1, -0.05) is 0 Å². The van der Waals surface area contributed by atoms with Crippen LogP contribution < -0.4 is 10.9 Å². The third-order valence-corrected chi connectivity index (χ3v) is 2.70. The first-order chi connectivity index (χ1) is 7.87. The average molecular weight is 243 g/mol. The Hall–Kier alpha value is -0.810. The van der Waals surface area contributed by atoms with E-state index in [-0.39, 0.29) is 0 Å². The number of likely N-dealkylation sites (tertiary alicyclic amines) is 1. The van der Waals surface area contributed by atoms with Crippen LogP contribution in [0, 0.1) is 5.92 Å². The molecule has 0 bridgehead atoms. The molecule has 1 amide bonds. The molecule has 1 atom stereocenters. The first kappa shape index (κ1) is 14.3. The van der Waals surface area contributed by atoms with Crippen molar-refractivity contribution in [2.75, 3.05) is 26.7 Å². The van der Waals surface area contributed by atoms with Crippen molar-refractivity contribution in [1.82, 2.24) is 15.8 Å².